The van der Waals surface area contributed by atoms with Crippen LogP contribution < -0.4 is 5.73 Å². The quantitative estimate of drug-likeness (QED) is 0.773. The summed E-state index contributed by atoms with van der Waals surface area (Å²) in [6.07, 6.45) is 1.70. The van der Waals surface area contributed by atoms with Crippen molar-refractivity contribution in [3.63, 3.8) is 0 Å². The molecule has 1 aliphatic rings. The average molecular weight is 229 g/mol. The Labute approximate surface area is 97.2 Å². The van der Waals surface area contributed by atoms with Crippen molar-refractivity contribution in [3.05, 3.63) is 0 Å². The Balaban J connectivity index is 2.98. The van der Waals surface area contributed by atoms with Gasteiger partial charge in [-0.1, -0.05) is 0 Å². The molecule has 4 heteroatoms. The van der Waals surface area contributed by atoms with Gasteiger partial charge in [-0.2, -0.15) is 0 Å². The number of hydrogen-bond acceptors (Lipinski definition) is 3. The number of nitrogens with two attached hydrogens (primary N) is 1. The van der Waals surface area contributed by atoms with Crippen molar-refractivity contribution in [2.45, 2.75) is 64.7 Å². The number of aliphatic carboxylic acids is 1. The molecule has 0 amide bonds. The SMILES string of the molecule is CC1CC(CC(=O)O)(C(C)(C)N)CC(C)O1. The van der Waals surface area contributed by atoms with Crippen molar-refractivity contribution in [3.8, 4) is 0 Å². The third-order valence-corrected chi connectivity index (χ3v) is 3.68. The first-order chi connectivity index (χ1) is 7.16. The first-order valence-corrected chi connectivity index (χ1v) is 5.82. The molecule has 94 valence electrons. The minimum absolute atomic E-state index is 0.0749. The highest BCUT2D eigenvalue weighted by molar-refractivity contribution is 5.68. The van der Waals surface area contributed by atoms with Gasteiger partial charge in [0.05, 0.1) is 18.6 Å². The molecule has 16 heavy (non-hydrogen) atoms. The molecular weight excluding hydrogens is 206 g/mol. The minimum atomic E-state index is -0.778. The maximum absolute atomic E-state index is 11.0. The smallest absolute Gasteiger partial charge is 0.303 e. The van der Waals surface area contributed by atoms with E-state index in [4.69, 9.17) is 15.6 Å². The zero-order valence-corrected chi connectivity index (χ0v) is 10.6. The van der Waals surface area contributed by atoms with E-state index >= 15 is 0 Å². The molecule has 0 bridgehead atoms. The Morgan fingerprint density at radius 1 is 1.44 bits per heavy atom. The Bertz CT molecular complexity index is 260. The molecule has 1 aliphatic heterocycles. The molecule has 1 saturated heterocycles. The van der Waals surface area contributed by atoms with E-state index in [0.29, 0.717) is 12.8 Å². The van der Waals surface area contributed by atoms with Gasteiger partial charge in [0.25, 0.3) is 0 Å². The monoisotopic (exact) mass is 229 g/mol. The number of carboxylic acids is 1. The van der Waals surface area contributed by atoms with Gasteiger partial charge in [-0.3, -0.25) is 4.79 Å². The molecule has 4 nitrogen and oxygen atoms in total. The van der Waals surface area contributed by atoms with Gasteiger partial charge in [0.2, 0.25) is 0 Å². The molecule has 3 N–H and O–H groups in total. The molecule has 0 spiro atoms. The van der Waals surface area contributed by atoms with Gasteiger partial charge in [-0.05, 0) is 40.5 Å². The van der Waals surface area contributed by atoms with Crippen LogP contribution in [-0.4, -0.2) is 28.8 Å². The van der Waals surface area contributed by atoms with Crippen LogP contribution >= 0.6 is 0 Å². The highest BCUT2D eigenvalue weighted by Gasteiger charge is 2.48. The van der Waals surface area contributed by atoms with E-state index < -0.39 is 11.5 Å². The van der Waals surface area contributed by atoms with E-state index in [2.05, 4.69) is 0 Å². The van der Waals surface area contributed by atoms with E-state index in [1.807, 2.05) is 27.7 Å². The molecule has 2 atom stereocenters. The van der Waals surface area contributed by atoms with Crippen LogP contribution in [0.4, 0.5) is 0 Å². The summed E-state index contributed by atoms with van der Waals surface area (Å²) < 4.78 is 5.67. The minimum Gasteiger partial charge on any atom is -0.481 e. The zero-order chi connectivity index (χ0) is 12.6. The van der Waals surface area contributed by atoms with Crippen LogP contribution in [0.2, 0.25) is 0 Å². The van der Waals surface area contributed by atoms with Crippen molar-refractivity contribution in [2.75, 3.05) is 0 Å². The summed E-state index contributed by atoms with van der Waals surface area (Å²) in [5, 5.41) is 9.07. The molecule has 0 aromatic rings. The molecule has 2 unspecified atom stereocenters. The lowest BCUT2D eigenvalue weighted by molar-refractivity contribution is -0.150. The first kappa shape index (κ1) is 13.5. The van der Waals surface area contributed by atoms with Crippen LogP contribution in [0.1, 0.15) is 47.0 Å². The summed E-state index contributed by atoms with van der Waals surface area (Å²) in [5.74, 6) is -0.778. The van der Waals surface area contributed by atoms with Gasteiger partial charge in [-0.25, -0.2) is 0 Å². The van der Waals surface area contributed by atoms with E-state index in [1.54, 1.807) is 0 Å². The lowest BCUT2D eigenvalue weighted by Gasteiger charge is -2.50. The number of carbonyl (C=O) groups is 1. The Kier molecular flexibility index (Phi) is 3.65. The Morgan fingerprint density at radius 3 is 2.19 bits per heavy atom. The molecule has 0 aromatic heterocycles. The zero-order valence-electron chi connectivity index (χ0n) is 10.6. The number of rotatable bonds is 3. The van der Waals surface area contributed by atoms with Crippen LogP contribution in [0.25, 0.3) is 0 Å². The molecule has 0 radical (unpaired) electrons. The highest BCUT2D eigenvalue weighted by atomic mass is 16.5. The topological polar surface area (TPSA) is 72.5 Å². The predicted octanol–water partition coefficient (Wildman–Crippen LogP) is 1.77. The molecule has 1 fully saturated rings. The molecule has 1 rings (SSSR count). The van der Waals surface area contributed by atoms with Crippen LogP contribution in [-0.2, 0) is 9.53 Å². The van der Waals surface area contributed by atoms with Gasteiger partial charge in [0.15, 0.2) is 0 Å². The summed E-state index contributed by atoms with van der Waals surface area (Å²) in [4.78, 5) is 11.0. The normalized spacial score (nSPS) is 36.1. The van der Waals surface area contributed by atoms with E-state index in [9.17, 15) is 4.79 Å². The fraction of sp³-hybridized carbons (Fsp3) is 0.917. The Morgan fingerprint density at radius 2 is 1.88 bits per heavy atom. The van der Waals surface area contributed by atoms with Crippen LogP contribution in [0.5, 0.6) is 0 Å². The third kappa shape index (κ3) is 2.74. The number of carboxylic acid groups (broad SMARTS) is 1. The van der Waals surface area contributed by atoms with Crippen LogP contribution in [0, 0.1) is 5.41 Å². The second-order valence-electron chi connectivity index (χ2n) is 5.74. The second kappa shape index (κ2) is 4.34. The van der Waals surface area contributed by atoms with E-state index in [-0.39, 0.29) is 24.0 Å². The lowest BCUT2D eigenvalue weighted by Crippen LogP contribution is -2.57. The van der Waals surface area contributed by atoms with Gasteiger partial charge < -0.3 is 15.6 Å². The van der Waals surface area contributed by atoms with E-state index in [1.165, 1.54) is 0 Å². The lowest BCUT2D eigenvalue weighted by atomic mass is 9.62. The molecule has 1 heterocycles. The van der Waals surface area contributed by atoms with Crippen molar-refractivity contribution >= 4 is 5.97 Å². The summed E-state index contributed by atoms with van der Waals surface area (Å²) in [7, 11) is 0. The summed E-state index contributed by atoms with van der Waals surface area (Å²) in [6, 6.07) is 0. The van der Waals surface area contributed by atoms with Gasteiger partial charge in [-0.15, -0.1) is 0 Å². The summed E-state index contributed by atoms with van der Waals surface area (Å²) >= 11 is 0. The van der Waals surface area contributed by atoms with Gasteiger partial charge in [0.1, 0.15) is 0 Å². The van der Waals surface area contributed by atoms with Crippen molar-refractivity contribution < 1.29 is 14.6 Å². The van der Waals surface area contributed by atoms with Gasteiger partial charge >= 0.3 is 5.97 Å². The molecule has 0 aromatic carbocycles. The van der Waals surface area contributed by atoms with Crippen LogP contribution in [0.15, 0.2) is 0 Å². The largest absolute Gasteiger partial charge is 0.481 e. The maximum Gasteiger partial charge on any atom is 0.303 e. The number of hydrogen-bond donors (Lipinski definition) is 2. The summed E-state index contributed by atoms with van der Waals surface area (Å²) in [6.45, 7) is 7.80. The second-order valence-corrected chi connectivity index (χ2v) is 5.74. The standard InChI is InChI=1S/C12H23NO3/c1-8-5-12(7-10(14)15,11(3,4)13)6-9(2)16-8/h8-9H,5-7,13H2,1-4H3,(H,14,15). The van der Waals surface area contributed by atoms with Crippen molar-refractivity contribution in [1.29, 1.82) is 0 Å². The third-order valence-electron chi connectivity index (χ3n) is 3.68. The fourth-order valence-electron chi connectivity index (χ4n) is 2.86. The number of ether oxygens (including phenoxy) is 1. The highest BCUT2D eigenvalue weighted by Crippen LogP contribution is 2.46. The van der Waals surface area contributed by atoms with Crippen molar-refractivity contribution in [1.82, 2.24) is 0 Å². The molecule has 0 saturated carbocycles. The van der Waals surface area contributed by atoms with Crippen molar-refractivity contribution in [2.24, 2.45) is 11.1 Å². The molecule has 0 aliphatic carbocycles. The maximum atomic E-state index is 11.0. The van der Waals surface area contributed by atoms with Gasteiger partial charge in [0, 0.05) is 11.0 Å². The van der Waals surface area contributed by atoms with E-state index in [0.717, 1.165) is 0 Å². The first-order valence-electron chi connectivity index (χ1n) is 5.82. The average Bonchev–Trinajstić information content (AvgIpc) is 1.97. The predicted molar refractivity (Wildman–Crippen MR) is 62.2 cm³/mol. The van der Waals surface area contributed by atoms with Crippen LogP contribution in [0.3, 0.4) is 0 Å². The summed E-state index contributed by atoms with van der Waals surface area (Å²) in [5.41, 5.74) is 5.33. The molecular formula is C12H23NO3. The Hall–Kier alpha value is -0.610. The fourth-order valence-corrected chi connectivity index (χ4v) is 2.86.